The van der Waals surface area contributed by atoms with E-state index in [-0.39, 0.29) is 68.6 Å². The van der Waals surface area contributed by atoms with Gasteiger partial charge in [0.1, 0.15) is 36.5 Å². The molecule has 2 aliphatic heterocycles. The number of benzene rings is 3. The Kier molecular flexibility index (Phi) is 42.8. The second kappa shape index (κ2) is 44.6. The Morgan fingerprint density at radius 1 is 0.616 bits per heavy atom. The molecule has 556 valence electrons. The van der Waals surface area contributed by atoms with Gasteiger partial charge in [-0.2, -0.15) is 45.0 Å². The van der Waals surface area contributed by atoms with Gasteiger partial charge in [-0.3, -0.25) is 4.55 Å². The topological polar surface area (TPSA) is 297 Å². The number of likely N-dealkylation sites (N-methyl/N-ethyl adjacent to an activating group) is 2. The zero-order valence-electron chi connectivity index (χ0n) is 57.0. The summed E-state index contributed by atoms with van der Waals surface area (Å²) in [6.07, 6.45) is 4.87. The van der Waals surface area contributed by atoms with E-state index in [2.05, 4.69) is 137 Å². The van der Waals surface area contributed by atoms with E-state index in [1.807, 2.05) is 76.2 Å². The minimum Gasteiger partial charge on any atom is -0.741 e. The van der Waals surface area contributed by atoms with Crippen molar-refractivity contribution < 1.29 is 153 Å². The Labute approximate surface area is 629 Å². The van der Waals surface area contributed by atoms with Crippen LogP contribution in [0.4, 0.5) is 38.0 Å². The fourth-order valence-corrected chi connectivity index (χ4v) is 10.6. The van der Waals surface area contributed by atoms with Crippen LogP contribution in [-0.4, -0.2) is 221 Å². The van der Waals surface area contributed by atoms with Crippen LogP contribution in [0, 0.1) is 0 Å². The van der Waals surface area contributed by atoms with Crippen molar-refractivity contribution in [3.63, 3.8) is 0 Å². The van der Waals surface area contributed by atoms with Crippen molar-refractivity contribution in [2.75, 3.05) is 123 Å². The fourth-order valence-electron chi connectivity index (χ4n) is 8.07. The number of fused-ring (bicyclic) bond motifs is 2. The van der Waals surface area contributed by atoms with Gasteiger partial charge in [0.05, 0.1) is 42.4 Å². The molecule has 0 saturated carbocycles. The molecule has 24 nitrogen and oxygen atoms in total. The van der Waals surface area contributed by atoms with E-state index in [1.54, 1.807) is 18.3 Å². The maximum atomic E-state index is 12.2. The molecule has 0 aliphatic carbocycles. The number of hydrogen-bond donors (Lipinski definition) is 1. The van der Waals surface area contributed by atoms with E-state index in [0.717, 1.165) is 132 Å². The molecule has 0 bridgehead atoms. The molecular formula is C60H85BrCu2F6N10NaO14S3Si2+. The molecular weight excluding hydrogens is 1580 g/mol. The fraction of sp³-hybridized carbons (Fsp3) is 0.483. The Hall–Kier alpha value is -3.97. The largest absolute Gasteiger partial charge is 1.00 e. The van der Waals surface area contributed by atoms with Crippen molar-refractivity contribution in [1.82, 2.24) is 39.3 Å². The second-order valence-electron chi connectivity index (χ2n) is 24.2. The van der Waals surface area contributed by atoms with E-state index < -0.39 is 63.7 Å². The number of alkyl halides is 6. The third-order valence-electron chi connectivity index (χ3n) is 13.2. The molecule has 2 aliphatic rings. The molecule has 9 rings (SSSR count). The molecule has 6 heterocycles. The number of hydrogen-bond acceptors (Lipinski definition) is 21. The molecule has 2 saturated heterocycles. The van der Waals surface area contributed by atoms with Gasteiger partial charge in [0, 0.05) is 120 Å². The van der Waals surface area contributed by atoms with Crippen molar-refractivity contribution in [3.05, 3.63) is 114 Å². The number of carboxylic acid groups (broad SMARTS) is 1. The molecule has 4 aromatic heterocycles. The first-order chi connectivity index (χ1) is 44.6. The van der Waals surface area contributed by atoms with Gasteiger partial charge >= 0.3 is 84.8 Å². The Balaban J connectivity index is 0.00000131. The maximum absolute atomic E-state index is 12.2. The molecule has 0 atom stereocenters. The van der Waals surface area contributed by atoms with E-state index in [4.69, 9.17) is 65.0 Å². The number of anilines is 2. The van der Waals surface area contributed by atoms with Gasteiger partial charge in [-0.1, -0.05) is 91.6 Å². The number of aromatic nitrogens is 6. The average molecular weight is 1670 g/mol. The van der Waals surface area contributed by atoms with Crippen LogP contribution in [0.3, 0.4) is 0 Å². The van der Waals surface area contributed by atoms with Crippen molar-refractivity contribution in [3.8, 4) is 22.5 Å². The van der Waals surface area contributed by atoms with Gasteiger partial charge in [-0.15, -0.1) is 0 Å². The zero-order valence-corrected chi connectivity index (χ0v) is 66.9. The normalized spacial score (nSPS) is 13.5. The monoisotopic (exact) mass is 1660 g/mol. The van der Waals surface area contributed by atoms with Gasteiger partial charge in [0.2, 0.25) is 0 Å². The van der Waals surface area contributed by atoms with E-state index >= 15 is 0 Å². The van der Waals surface area contributed by atoms with Crippen LogP contribution in [-0.2, 0) is 101 Å². The molecule has 3 aromatic carbocycles. The van der Waals surface area contributed by atoms with Gasteiger partial charge < -0.3 is 53.0 Å². The van der Waals surface area contributed by atoms with Gasteiger partial charge in [-0.25, -0.2) is 36.2 Å². The number of pyridine rings is 2. The Morgan fingerprint density at radius 2 is 0.949 bits per heavy atom. The summed E-state index contributed by atoms with van der Waals surface area (Å²) in [5.74, 6) is 1.84. The summed E-state index contributed by atoms with van der Waals surface area (Å²) >= 11 is 3.61. The minimum atomic E-state index is -6.09. The van der Waals surface area contributed by atoms with Crippen molar-refractivity contribution in [2.24, 2.45) is 0 Å². The first kappa shape index (κ1) is 95.0. The third-order valence-corrected chi connectivity index (χ3v) is 19.4. The smallest absolute Gasteiger partial charge is 0.741 e. The maximum Gasteiger partial charge on any atom is 1.00 e. The van der Waals surface area contributed by atoms with Crippen LogP contribution < -0.4 is 44.5 Å². The van der Waals surface area contributed by atoms with E-state index in [9.17, 15) is 34.8 Å². The molecule has 1 N–H and O–H groups in total. The van der Waals surface area contributed by atoms with Crippen LogP contribution >= 0.6 is 15.9 Å². The van der Waals surface area contributed by atoms with E-state index in [0.29, 0.717) is 33.3 Å². The predicted molar refractivity (Wildman–Crippen MR) is 364 cm³/mol. The number of morpholine rings is 2. The zero-order chi connectivity index (χ0) is 72.3. The number of rotatable bonds is 18. The van der Waals surface area contributed by atoms with Crippen LogP contribution in [0.2, 0.25) is 51.4 Å². The molecule has 0 spiro atoms. The summed E-state index contributed by atoms with van der Waals surface area (Å²) in [6.45, 7) is 24.2. The van der Waals surface area contributed by atoms with Crippen LogP contribution in [0.25, 0.3) is 44.3 Å². The van der Waals surface area contributed by atoms with Crippen LogP contribution in [0.1, 0.15) is 0 Å². The second-order valence-corrected chi connectivity index (χ2v) is 41.1. The summed E-state index contributed by atoms with van der Waals surface area (Å²) in [5, 5.41) is 19.9. The third kappa shape index (κ3) is 35.9. The summed E-state index contributed by atoms with van der Waals surface area (Å²) < 4.78 is 169. The van der Waals surface area contributed by atoms with Crippen LogP contribution in [0.5, 0.6) is 0 Å². The number of ether oxygens (including phenoxy) is 4. The van der Waals surface area contributed by atoms with Crippen molar-refractivity contribution in [1.29, 1.82) is 0 Å². The van der Waals surface area contributed by atoms with Crippen molar-refractivity contribution >= 4 is 102 Å². The van der Waals surface area contributed by atoms with Crippen LogP contribution in [0.15, 0.2) is 119 Å². The van der Waals surface area contributed by atoms with E-state index in [1.165, 1.54) is 6.26 Å². The summed E-state index contributed by atoms with van der Waals surface area (Å²) in [4.78, 5) is 26.5. The number of carbonyl (C=O) groups excluding carboxylic acids is 1. The first-order valence-corrected chi connectivity index (χ1v) is 42.5. The summed E-state index contributed by atoms with van der Waals surface area (Å²) in [6, 6.07) is 33.7. The molecule has 0 amide bonds. The number of sulfone groups is 1. The standard InChI is InChI=1S/C23H32N4O4SSi.C22H29BrN4O2Si.C6H16N2.C6H6.2CHF3O3S.CH2O2.2Cu.Na/c1-32(28,29)19-5-6-21-20(16-19)23(25-27(21)17-31-13-14-33(2,3)4)18-7-8-24-22(15-18)26-9-11-30-12-10-26;1-30(2,3)13-12-29-16-27-20-5-4-18(23)15-19(20)22(25-27)17-6-7-24-21(14-17)26-8-10-28-11-9-26;1-7(2)5-6-8(3)4;1-2-4-6-5-3-1;2*2-1(3,4)8(5,6)7;2-1-3;;;/h5-8,15-16H,9-14,17H2,1-4H3;4-7,14-15H,8-13,16H2,1-3H3;5-6H2,1-4H3;1-6H;2*(H,5,6,7);1H,(H,2,3);;;/q;;;;;;;3*+1/p-2. The number of carbonyl (C=O) groups is 1. The first-order valence-electron chi connectivity index (χ1n) is 29.6. The molecule has 39 heteroatoms. The minimum absolute atomic E-state index is 0. The summed E-state index contributed by atoms with van der Waals surface area (Å²) in [7, 11) is -9.23. The molecule has 7 aromatic rings. The van der Waals surface area contributed by atoms with Gasteiger partial charge in [0.15, 0.2) is 20.0 Å². The quantitative estimate of drug-likeness (QED) is 0.0247. The van der Waals surface area contributed by atoms with Gasteiger partial charge in [-0.05, 0) is 101 Å². The molecule has 0 radical (unpaired) electrons. The average Bonchev–Trinajstić information content (AvgIpc) is 1.64. The molecule has 0 unspecified atom stereocenters. The Morgan fingerprint density at radius 3 is 1.25 bits per heavy atom. The predicted octanol–water partition coefficient (Wildman–Crippen LogP) is 6.27. The molecule has 2 fully saturated rings. The van der Waals surface area contributed by atoms with Gasteiger partial charge in [0.25, 0.3) is 0 Å². The number of halogens is 7. The molecule has 99 heavy (non-hydrogen) atoms. The number of nitrogens with zero attached hydrogens (tertiary/aromatic N) is 10. The SMILES string of the molecule is CN(C)CCN(C)C.C[Si](C)(C)CCOCn1nc(-c2ccnc(N3CCOCC3)c2)c2cc(Br)ccc21.C[Si](C)(C)CCOCn1nc(-c2ccnc(N3CCOCC3)c2)c2cc(S(C)(=O)=O)ccc21.O=C[O-].O=S(=O)(O)C(F)(F)F.O=S(=O)([O-])C(F)(F)F.[Cu+].[Cu+].[Na+].c1ccccc1. The van der Waals surface area contributed by atoms with Crippen molar-refractivity contribution in [2.45, 2.75) is 80.7 Å². The Bertz CT molecular complexity index is 3780. The summed E-state index contributed by atoms with van der Waals surface area (Å²) in [5.41, 5.74) is -5.63.